The highest BCUT2D eigenvalue weighted by molar-refractivity contribution is 5.80. The Morgan fingerprint density at radius 3 is 1.85 bits per heavy atom. The molecule has 0 bridgehead atoms. The number of carbonyl (C=O) groups excluding carboxylic acids is 3. The van der Waals surface area contributed by atoms with Crippen LogP contribution in [-0.2, 0) is 19.1 Å². The minimum Gasteiger partial charge on any atom is -0.444 e. The third kappa shape index (κ3) is 12.8. The van der Waals surface area contributed by atoms with Crippen molar-refractivity contribution in [3.05, 3.63) is 0 Å². The van der Waals surface area contributed by atoms with Crippen LogP contribution in [0.2, 0.25) is 0 Å². The Bertz CT molecular complexity index is 499. The summed E-state index contributed by atoms with van der Waals surface area (Å²) < 4.78 is 10.5. The van der Waals surface area contributed by atoms with E-state index in [1.807, 2.05) is 0 Å². The van der Waals surface area contributed by atoms with Crippen molar-refractivity contribution in [2.24, 2.45) is 5.90 Å². The number of hydrogen-bond acceptors (Lipinski definition) is 7. The molecule has 0 saturated carbocycles. The van der Waals surface area contributed by atoms with Crippen LogP contribution < -0.4 is 16.5 Å². The highest BCUT2D eigenvalue weighted by atomic mass is 16.6. The van der Waals surface area contributed by atoms with Gasteiger partial charge in [0.25, 0.3) is 5.91 Å². The van der Waals surface area contributed by atoms with E-state index in [9.17, 15) is 14.4 Å². The Kier molecular flexibility index (Phi) is 10.1. The van der Waals surface area contributed by atoms with E-state index in [0.717, 1.165) is 0 Å². The SMILES string of the molecule is CC(ON)C(=O)NCCN(CCNC(=O)OC(C)(C)C)C(=O)OC(C)(C)C. The molecule has 0 aliphatic rings. The number of carbonyl (C=O) groups is 3. The lowest BCUT2D eigenvalue weighted by atomic mass is 10.2. The standard InChI is InChI=1S/C17H34N4O6/c1-12(27-18)13(22)19-8-10-21(15(24)26-17(5,6)7)11-9-20-14(23)25-16(2,3)4/h12H,8-11,18H2,1-7H3,(H,19,22)(H,20,23). The van der Waals surface area contributed by atoms with Crippen LogP contribution in [0.1, 0.15) is 48.5 Å². The average Bonchev–Trinajstić information content (AvgIpc) is 2.48. The van der Waals surface area contributed by atoms with E-state index in [4.69, 9.17) is 15.4 Å². The molecule has 0 rings (SSSR count). The maximum Gasteiger partial charge on any atom is 0.410 e. The van der Waals surface area contributed by atoms with Crippen molar-refractivity contribution in [2.75, 3.05) is 26.2 Å². The van der Waals surface area contributed by atoms with Gasteiger partial charge in [0.05, 0.1) is 0 Å². The zero-order valence-electron chi connectivity index (χ0n) is 17.4. The molecule has 0 saturated heterocycles. The van der Waals surface area contributed by atoms with Gasteiger partial charge in [-0.1, -0.05) is 0 Å². The molecule has 0 aromatic heterocycles. The van der Waals surface area contributed by atoms with Crippen molar-refractivity contribution in [3.63, 3.8) is 0 Å². The molecular weight excluding hydrogens is 356 g/mol. The Hall–Kier alpha value is -2.07. The molecule has 27 heavy (non-hydrogen) atoms. The van der Waals surface area contributed by atoms with Gasteiger partial charge in [-0.05, 0) is 48.5 Å². The van der Waals surface area contributed by atoms with Crippen LogP contribution in [0.5, 0.6) is 0 Å². The van der Waals surface area contributed by atoms with Crippen LogP contribution in [0.25, 0.3) is 0 Å². The number of alkyl carbamates (subject to hydrolysis) is 1. The Labute approximate surface area is 161 Å². The molecule has 3 amide bonds. The molecular formula is C17H34N4O6. The highest BCUT2D eigenvalue weighted by Crippen LogP contribution is 2.10. The summed E-state index contributed by atoms with van der Waals surface area (Å²) in [7, 11) is 0. The van der Waals surface area contributed by atoms with Crippen LogP contribution in [0.4, 0.5) is 9.59 Å². The second kappa shape index (κ2) is 10.9. The van der Waals surface area contributed by atoms with Gasteiger partial charge in [0.1, 0.15) is 11.2 Å². The summed E-state index contributed by atoms with van der Waals surface area (Å²) in [6, 6.07) is 0. The molecule has 0 aromatic carbocycles. The lowest BCUT2D eigenvalue weighted by Crippen LogP contribution is -2.46. The number of amides is 3. The van der Waals surface area contributed by atoms with Gasteiger partial charge in [0, 0.05) is 26.2 Å². The number of ether oxygens (including phenoxy) is 2. The molecule has 0 aromatic rings. The van der Waals surface area contributed by atoms with Crippen LogP contribution >= 0.6 is 0 Å². The molecule has 0 fully saturated rings. The summed E-state index contributed by atoms with van der Waals surface area (Å²) in [5, 5.41) is 5.19. The van der Waals surface area contributed by atoms with Gasteiger partial charge >= 0.3 is 12.2 Å². The maximum atomic E-state index is 12.3. The molecule has 0 aliphatic carbocycles. The second-order valence-electron chi connectivity index (χ2n) is 7.97. The molecule has 158 valence electrons. The van der Waals surface area contributed by atoms with Gasteiger partial charge in [0.2, 0.25) is 0 Å². The molecule has 10 heteroatoms. The molecule has 1 atom stereocenters. The third-order valence-corrected chi connectivity index (χ3v) is 2.96. The molecule has 4 N–H and O–H groups in total. The largest absolute Gasteiger partial charge is 0.444 e. The van der Waals surface area contributed by atoms with E-state index >= 15 is 0 Å². The van der Waals surface area contributed by atoms with Gasteiger partial charge in [-0.3, -0.25) is 9.63 Å². The van der Waals surface area contributed by atoms with Crippen molar-refractivity contribution in [2.45, 2.75) is 65.8 Å². The van der Waals surface area contributed by atoms with E-state index in [2.05, 4.69) is 15.5 Å². The fourth-order valence-electron chi connectivity index (χ4n) is 1.75. The first-order valence-corrected chi connectivity index (χ1v) is 8.83. The van der Waals surface area contributed by atoms with Gasteiger partial charge in [0.15, 0.2) is 6.10 Å². The van der Waals surface area contributed by atoms with Crippen LogP contribution in [-0.4, -0.2) is 66.5 Å². The molecule has 0 heterocycles. The highest BCUT2D eigenvalue weighted by Gasteiger charge is 2.23. The van der Waals surface area contributed by atoms with Gasteiger partial charge in [-0.15, -0.1) is 0 Å². The van der Waals surface area contributed by atoms with Gasteiger partial charge < -0.3 is 25.0 Å². The molecule has 0 spiro atoms. The Balaban J connectivity index is 4.63. The lowest BCUT2D eigenvalue weighted by Gasteiger charge is -2.28. The summed E-state index contributed by atoms with van der Waals surface area (Å²) in [6.07, 6.45) is -1.92. The first-order chi connectivity index (χ1) is 12.2. The topological polar surface area (TPSA) is 132 Å². The van der Waals surface area contributed by atoms with E-state index in [-0.39, 0.29) is 26.2 Å². The summed E-state index contributed by atoms with van der Waals surface area (Å²) in [5.74, 6) is 4.57. The van der Waals surface area contributed by atoms with E-state index in [0.29, 0.717) is 0 Å². The predicted octanol–water partition coefficient (Wildman–Crippen LogP) is 1.14. The van der Waals surface area contributed by atoms with Crippen LogP contribution in [0, 0.1) is 0 Å². The summed E-state index contributed by atoms with van der Waals surface area (Å²) in [5.41, 5.74) is -1.28. The van der Waals surface area contributed by atoms with Crippen molar-refractivity contribution in [1.82, 2.24) is 15.5 Å². The number of nitrogens with zero attached hydrogens (tertiary/aromatic N) is 1. The van der Waals surface area contributed by atoms with Crippen molar-refractivity contribution in [1.29, 1.82) is 0 Å². The van der Waals surface area contributed by atoms with Gasteiger partial charge in [-0.2, -0.15) is 0 Å². The van der Waals surface area contributed by atoms with E-state index < -0.39 is 35.4 Å². The fourth-order valence-corrected chi connectivity index (χ4v) is 1.75. The third-order valence-electron chi connectivity index (χ3n) is 2.96. The zero-order valence-corrected chi connectivity index (χ0v) is 17.4. The monoisotopic (exact) mass is 390 g/mol. The Morgan fingerprint density at radius 2 is 1.41 bits per heavy atom. The van der Waals surface area contributed by atoms with Crippen molar-refractivity contribution >= 4 is 18.1 Å². The van der Waals surface area contributed by atoms with E-state index in [1.165, 1.54) is 11.8 Å². The number of rotatable bonds is 8. The molecule has 10 nitrogen and oxygen atoms in total. The van der Waals surface area contributed by atoms with Crippen LogP contribution in [0.3, 0.4) is 0 Å². The predicted molar refractivity (Wildman–Crippen MR) is 99.8 cm³/mol. The lowest BCUT2D eigenvalue weighted by molar-refractivity contribution is -0.132. The summed E-state index contributed by atoms with van der Waals surface area (Å²) >= 11 is 0. The molecule has 0 aliphatic heterocycles. The van der Waals surface area contributed by atoms with Crippen molar-refractivity contribution in [3.8, 4) is 0 Å². The molecule has 1 unspecified atom stereocenters. The fraction of sp³-hybridized carbons (Fsp3) is 0.824. The smallest absolute Gasteiger partial charge is 0.410 e. The van der Waals surface area contributed by atoms with Gasteiger partial charge in [-0.25, -0.2) is 15.5 Å². The zero-order chi connectivity index (χ0) is 21.3. The summed E-state index contributed by atoms with van der Waals surface area (Å²) in [4.78, 5) is 41.5. The molecule has 0 radical (unpaired) electrons. The number of nitrogens with one attached hydrogen (secondary N) is 2. The van der Waals surface area contributed by atoms with E-state index in [1.54, 1.807) is 41.5 Å². The quantitative estimate of drug-likeness (QED) is 0.529. The summed E-state index contributed by atoms with van der Waals surface area (Å²) in [6.45, 7) is 12.8. The average molecular weight is 390 g/mol. The second-order valence-corrected chi connectivity index (χ2v) is 7.97. The minimum atomic E-state index is -0.797. The number of hydrogen-bond donors (Lipinski definition) is 3. The Morgan fingerprint density at radius 1 is 0.926 bits per heavy atom. The normalized spacial score (nSPS) is 12.7. The first kappa shape index (κ1) is 24.9. The number of nitrogens with two attached hydrogens (primary N) is 1. The minimum absolute atomic E-state index is 0.171. The first-order valence-electron chi connectivity index (χ1n) is 8.83. The van der Waals surface area contributed by atoms with Crippen molar-refractivity contribution < 1.29 is 28.7 Å². The van der Waals surface area contributed by atoms with Crippen LogP contribution in [0.15, 0.2) is 0 Å². The maximum absolute atomic E-state index is 12.3.